The molecule has 5 nitrogen and oxygen atoms in total. The van der Waals surface area contributed by atoms with Gasteiger partial charge in [-0.25, -0.2) is 8.42 Å². The van der Waals surface area contributed by atoms with E-state index in [0.29, 0.717) is 17.3 Å². The van der Waals surface area contributed by atoms with Crippen LogP contribution in [-0.4, -0.2) is 13.0 Å². The molecule has 3 N–H and O–H groups in total. The molecule has 2 aromatic rings. The third-order valence-electron chi connectivity index (χ3n) is 2.99. The first-order valence-corrected chi connectivity index (χ1v) is 8.48. The highest BCUT2D eigenvalue weighted by atomic mass is 35.5. The number of aryl methyl sites for hydroxylation is 1. The second-order valence-electron chi connectivity index (χ2n) is 4.39. The van der Waals surface area contributed by atoms with Gasteiger partial charge in [-0.3, -0.25) is 4.72 Å². The molecule has 0 radical (unpaired) electrons. The Hall–Kier alpha value is -1.21. The molecule has 114 valence electrons. The van der Waals surface area contributed by atoms with E-state index in [2.05, 4.69) is 4.72 Å². The van der Waals surface area contributed by atoms with Gasteiger partial charge in [0.05, 0.1) is 15.7 Å². The SMILES string of the molecule is CCn1cc(S(=O)(=O)Nc2ccc(Cl)c(Cl)c2)cc1CN. The highest BCUT2D eigenvalue weighted by molar-refractivity contribution is 7.92. The molecule has 0 saturated carbocycles. The highest BCUT2D eigenvalue weighted by Crippen LogP contribution is 2.26. The molecule has 1 aromatic heterocycles. The molecule has 0 atom stereocenters. The van der Waals surface area contributed by atoms with Crippen molar-refractivity contribution in [2.45, 2.75) is 24.9 Å². The highest BCUT2D eigenvalue weighted by Gasteiger charge is 2.18. The van der Waals surface area contributed by atoms with E-state index in [4.69, 9.17) is 28.9 Å². The quantitative estimate of drug-likeness (QED) is 0.872. The van der Waals surface area contributed by atoms with Crippen LogP contribution in [0, 0.1) is 0 Å². The maximum absolute atomic E-state index is 12.4. The number of sulfonamides is 1. The van der Waals surface area contributed by atoms with Crippen LogP contribution in [0.1, 0.15) is 12.6 Å². The molecule has 0 aliphatic rings. The number of hydrogen-bond donors (Lipinski definition) is 2. The average molecular weight is 348 g/mol. The fraction of sp³-hybridized carbons (Fsp3) is 0.231. The number of rotatable bonds is 5. The molecular weight excluding hydrogens is 333 g/mol. The van der Waals surface area contributed by atoms with E-state index in [-0.39, 0.29) is 16.5 Å². The predicted octanol–water partition coefficient (Wildman–Crippen LogP) is 3.07. The van der Waals surface area contributed by atoms with Gasteiger partial charge in [-0.05, 0) is 31.2 Å². The zero-order valence-electron chi connectivity index (χ0n) is 11.3. The lowest BCUT2D eigenvalue weighted by Crippen LogP contribution is -2.12. The average Bonchev–Trinajstić information content (AvgIpc) is 2.86. The van der Waals surface area contributed by atoms with Crippen LogP contribution in [0.4, 0.5) is 5.69 Å². The topological polar surface area (TPSA) is 77.1 Å². The number of halogens is 2. The minimum Gasteiger partial charge on any atom is -0.349 e. The van der Waals surface area contributed by atoms with E-state index in [0.717, 1.165) is 5.69 Å². The summed E-state index contributed by atoms with van der Waals surface area (Å²) in [5, 5.41) is 0.646. The summed E-state index contributed by atoms with van der Waals surface area (Å²) in [5.41, 5.74) is 6.71. The Labute approximate surface area is 133 Å². The molecule has 8 heteroatoms. The van der Waals surface area contributed by atoms with Gasteiger partial charge in [-0.1, -0.05) is 23.2 Å². The van der Waals surface area contributed by atoms with Crippen molar-refractivity contribution in [1.29, 1.82) is 0 Å². The van der Waals surface area contributed by atoms with Gasteiger partial charge in [0, 0.05) is 25.0 Å². The van der Waals surface area contributed by atoms with Crippen molar-refractivity contribution < 1.29 is 8.42 Å². The lowest BCUT2D eigenvalue weighted by molar-refractivity contribution is 0.600. The van der Waals surface area contributed by atoms with Gasteiger partial charge < -0.3 is 10.3 Å². The summed E-state index contributed by atoms with van der Waals surface area (Å²) in [6.07, 6.45) is 1.56. The molecule has 0 bridgehead atoms. The first kappa shape index (κ1) is 16.2. The van der Waals surface area contributed by atoms with Crippen molar-refractivity contribution >= 4 is 38.9 Å². The van der Waals surface area contributed by atoms with Gasteiger partial charge in [0.2, 0.25) is 0 Å². The lowest BCUT2D eigenvalue weighted by Gasteiger charge is -2.07. The Morgan fingerprint density at radius 2 is 1.95 bits per heavy atom. The summed E-state index contributed by atoms with van der Waals surface area (Å²) < 4.78 is 29.0. The van der Waals surface area contributed by atoms with Crippen molar-refractivity contribution in [3.63, 3.8) is 0 Å². The molecule has 0 aliphatic heterocycles. The summed E-state index contributed by atoms with van der Waals surface area (Å²) >= 11 is 11.7. The molecule has 0 fully saturated rings. The van der Waals surface area contributed by atoms with Crippen LogP contribution in [0.15, 0.2) is 35.4 Å². The van der Waals surface area contributed by atoms with Crippen molar-refractivity contribution in [3.05, 3.63) is 46.2 Å². The van der Waals surface area contributed by atoms with Crippen molar-refractivity contribution in [2.75, 3.05) is 4.72 Å². The molecule has 1 heterocycles. The first-order valence-electron chi connectivity index (χ1n) is 6.24. The Morgan fingerprint density at radius 1 is 1.24 bits per heavy atom. The molecule has 0 unspecified atom stereocenters. The zero-order valence-corrected chi connectivity index (χ0v) is 13.6. The standard InChI is InChI=1S/C13H15Cl2N3O2S/c1-2-18-8-11(6-10(18)7-16)21(19,20)17-9-3-4-12(14)13(15)5-9/h3-6,8,17H,2,7,16H2,1H3. The Balaban J connectivity index is 2.33. The van der Waals surface area contributed by atoms with E-state index in [1.807, 2.05) is 6.92 Å². The number of nitrogens with two attached hydrogens (primary N) is 1. The Kier molecular flexibility index (Phi) is 4.83. The van der Waals surface area contributed by atoms with Crippen molar-refractivity contribution in [3.8, 4) is 0 Å². The first-order chi connectivity index (χ1) is 9.87. The van der Waals surface area contributed by atoms with Crippen LogP contribution in [0.2, 0.25) is 10.0 Å². The van der Waals surface area contributed by atoms with E-state index >= 15 is 0 Å². The molecule has 0 amide bonds. The van der Waals surface area contributed by atoms with E-state index < -0.39 is 10.0 Å². The number of hydrogen-bond acceptors (Lipinski definition) is 3. The minimum absolute atomic E-state index is 0.163. The summed E-state index contributed by atoms with van der Waals surface area (Å²) in [7, 11) is -3.69. The summed E-state index contributed by atoms with van der Waals surface area (Å²) in [6, 6.07) is 6.10. The zero-order chi connectivity index (χ0) is 15.6. The van der Waals surface area contributed by atoms with Gasteiger partial charge in [0.25, 0.3) is 10.0 Å². The lowest BCUT2D eigenvalue weighted by atomic mass is 10.3. The molecule has 0 aliphatic carbocycles. The van der Waals surface area contributed by atoms with E-state index in [1.54, 1.807) is 22.9 Å². The van der Waals surface area contributed by atoms with Crippen LogP contribution in [0.25, 0.3) is 0 Å². The molecule has 0 spiro atoms. The Morgan fingerprint density at radius 3 is 2.48 bits per heavy atom. The maximum Gasteiger partial charge on any atom is 0.263 e. The Bertz CT molecular complexity index is 735. The fourth-order valence-corrected chi connectivity index (χ4v) is 3.32. The molecular formula is C13H15Cl2N3O2S. The van der Waals surface area contributed by atoms with Gasteiger partial charge in [-0.15, -0.1) is 0 Å². The van der Waals surface area contributed by atoms with Crippen LogP contribution in [-0.2, 0) is 23.1 Å². The van der Waals surface area contributed by atoms with Gasteiger partial charge >= 0.3 is 0 Å². The maximum atomic E-state index is 12.4. The third kappa shape index (κ3) is 3.52. The number of nitrogens with zero attached hydrogens (tertiary/aromatic N) is 1. The fourth-order valence-electron chi connectivity index (χ4n) is 1.91. The summed E-state index contributed by atoms with van der Waals surface area (Å²) in [6.45, 7) is 2.84. The van der Waals surface area contributed by atoms with Crippen LogP contribution in [0.5, 0.6) is 0 Å². The van der Waals surface area contributed by atoms with Gasteiger partial charge in [0.1, 0.15) is 4.90 Å². The van der Waals surface area contributed by atoms with Gasteiger partial charge in [-0.2, -0.15) is 0 Å². The van der Waals surface area contributed by atoms with Crippen molar-refractivity contribution in [2.24, 2.45) is 5.73 Å². The summed E-state index contributed by atoms with van der Waals surface area (Å²) in [4.78, 5) is 0.163. The minimum atomic E-state index is -3.69. The molecule has 1 aromatic carbocycles. The number of benzene rings is 1. The monoisotopic (exact) mass is 347 g/mol. The second-order valence-corrected chi connectivity index (χ2v) is 6.89. The van der Waals surface area contributed by atoms with Crippen LogP contribution in [0.3, 0.4) is 0 Å². The summed E-state index contributed by atoms with van der Waals surface area (Å²) in [5.74, 6) is 0. The van der Waals surface area contributed by atoms with Crippen molar-refractivity contribution in [1.82, 2.24) is 4.57 Å². The number of nitrogens with one attached hydrogen (secondary N) is 1. The smallest absolute Gasteiger partial charge is 0.263 e. The van der Waals surface area contributed by atoms with E-state index in [9.17, 15) is 8.42 Å². The molecule has 0 saturated heterocycles. The second kappa shape index (κ2) is 6.27. The number of aromatic nitrogens is 1. The largest absolute Gasteiger partial charge is 0.349 e. The third-order valence-corrected chi connectivity index (χ3v) is 5.08. The van der Waals surface area contributed by atoms with E-state index in [1.165, 1.54) is 12.1 Å². The predicted molar refractivity (Wildman–Crippen MR) is 85.3 cm³/mol. The molecule has 2 rings (SSSR count). The van der Waals surface area contributed by atoms with Crippen LogP contribution >= 0.6 is 23.2 Å². The number of anilines is 1. The normalized spacial score (nSPS) is 11.6. The molecule has 21 heavy (non-hydrogen) atoms. The van der Waals surface area contributed by atoms with Crippen LogP contribution < -0.4 is 10.5 Å². The van der Waals surface area contributed by atoms with Gasteiger partial charge in [0.15, 0.2) is 0 Å².